The number of aromatic nitrogens is 3. The molecule has 1 amide bonds. The van der Waals surface area contributed by atoms with Crippen molar-refractivity contribution >= 4 is 35.2 Å². The third-order valence-electron chi connectivity index (χ3n) is 5.16. The second-order valence-corrected chi connectivity index (χ2v) is 7.79. The van der Waals surface area contributed by atoms with Crippen LogP contribution in [-0.2, 0) is 16.1 Å². The van der Waals surface area contributed by atoms with Gasteiger partial charge in [0.25, 0.3) is 0 Å². The summed E-state index contributed by atoms with van der Waals surface area (Å²) in [5, 5.41) is 10.5. The SMILES string of the molecule is CC(=O)Nc1ccc(/C(C)=N\Nc2nc(NCc3ccccc3)nc(N3CCOCC3)n2)cc1. The smallest absolute Gasteiger partial charge is 0.250 e. The van der Waals surface area contributed by atoms with Gasteiger partial charge >= 0.3 is 0 Å². The van der Waals surface area contributed by atoms with E-state index in [1.54, 1.807) is 0 Å². The number of hydrogen-bond acceptors (Lipinski definition) is 9. The Morgan fingerprint density at radius 2 is 1.68 bits per heavy atom. The van der Waals surface area contributed by atoms with E-state index in [2.05, 4.69) is 41.0 Å². The molecule has 1 aliphatic rings. The number of carbonyl (C=O) groups is 1. The molecule has 0 radical (unpaired) electrons. The van der Waals surface area contributed by atoms with Gasteiger partial charge in [-0.3, -0.25) is 4.79 Å². The zero-order valence-corrected chi connectivity index (χ0v) is 19.3. The Bertz CT molecular complexity index is 1130. The maximum atomic E-state index is 11.2. The Morgan fingerprint density at radius 3 is 2.38 bits per heavy atom. The minimum atomic E-state index is -0.109. The van der Waals surface area contributed by atoms with Crippen LogP contribution in [0.1, 0.15) is 25.0 Å². The molecular formula is C24H28N8O2. The lowest BCUT2D eigenvalue weighted by molar-refractivity contribution is -0.114. The van der Waals surface area contributed by atoms with Crippen molar-refractivity contribution in [2.24, 2.45) is 5.10 Å². The Labute approximate surface area is 198 Å². The summed E-state index contributed by atoms with van der Waals surface area (Å²) < 4.78 is 5.46. The van der Waals surface area contributed by atoms with Crippen molar-refractivity contribution in [3.8, 4) is 0 Å². The van der Waals surface area contributed by atoms with Gasteiger partial charge < -0.3 is 20.3 Å². The van der Waals surface area contributed by atoms with Gasteiger partial charge in [0, 0.05) is 32.2 Å². The van der Waals surface area contributed by atoms with Gasteiger partial charge in [-0.05, 0) is 30.2 Å². The number of hydrazone groups is 1. The van der Waals surface area contributed by atoms with Crippen molar-refractivity contribution in [2.45, 2.75) is 20.4 Å². The molecule has 3 aromatic rings. The highest BCUT2D eigenvalue weighted by Gasteiger charge is 2.16. The quantitative estimate of drug-likeness (QED) is 0.347. The lowest BCUT2D eigenvalue weighted by Gasteiger charge is -2.27. The number of nitrogens with zero attached hydrogens (tertiary/aromatic N) is 5. The van der Waals surface area contributed by atoms with Crippen LogP contribution < -0.4 is 21.0 Å². The number of morpholine rings is 1. The molecule has 2 heterocycles. The van der Waals surface area contributed by atoms with Crippen LogP contribution in [0.4, 0.5) is 23.5 Å². The third-order valence-corrected chi connectivity index (χ3v) is 5.16. The van der Waals surface area contributed by atoms with Crippen molar-refractivity contribution in [3.63, 3.8) is 0 Å². The van der Waals surface area contributed by atoms with Crippen LogP contribution >= 0.6 is 0 Å². The normalized spacial score (nSPS) is 13.9. The molecule has 0 atom stereocenters. The van der Waals surface area contributed by atoms with Gasteiger partial charge in [0.15, 0.2) is 0 Å². The summed E-state index contributed by atoms with van der Waals surface area (Å²) in [6.07, 6.45) is 0. The van der Waals surface area contributed by atoms with Crippen LogP contribution in [0, 0.1) is 0 Å². The molecule has 1 aromatic heterocycles. The van der Waals surface area contributed by atoms with Crippen molar-refractivity contribution in [1.29, 1.82) is 0 Å². The average molecular weight is 461 g/mol. The summed E-state index contributed by atoms with van der Waals surface area (Å²) in [6.45, 7) is 6.65. The van der Waals surface area contributed by atoms with E-state index in [0.717, 1.165) is 22.5 Å². The predicted molar refractivity (Wildman–Crippen MR) is 133 cm³/mol. The minimum Gasteiger partial charge on any atom is -0.378 e. The molecule has 0 bridgehead atoms. The fourth-order valence-corrected chi connectivity index (χ4v) is 3.37. The number of carbonyl (C=O) groups excluding carboxylic acids is 1. The molecular weight excluding hydrogens is 432 g/mol. The predicted octanol–water partition coefficient (Wildman–Crippen LogP) is 3.11. The van der Waals surface area contributed by atoms with E-state index in [-0.39, 0.29) is 5.91 Å². The van der Waals surface area contributed by atoms with Gasteiger partial charge in [-0.15, -0.1) is 0 Å². The standard InChI is InChI=1S/C24H28N8O2/c1-17(20-8-10-21(11-9-20)26-18(2)33)30-31-23-27-22(25-16-19-6-4-3-5-7-19)28-24(29-23)32-12-14-34-15-13-32/h3-11H,12-16H2,1-2H3,(H,26,33)(H2,25,27,28,29,31)/b30-17-. The highest BCUT2D eigenvalue weighted by atomic mass is 16.5. The lowest BCUT2D eigenvalue weighted by atomic mass is 10.1. The second-order valence-electron chi connectivity index (χ2n) is 7.79. The zero-order valence-electron chi connectivity index (χ0n) is 19.3. The Hall–Kier alpha value is -4.05. The fraction of sp³-hybridized carbons (Fsp3) is 0.292. The lowest BCUT2D eigenvalue weighted by Crippen LogP contribution is -2.37. The Morgan fingerprint density at radius 1 is 0.971 bits per heavy atom. The molecule has 1 fully saturated rings. The summed E-state index contributed by atoms with van der Waals surface area (Å²) >= 11 is 0. The first-order valence-corrected chi connectivity index (χ1v) is 11.1. The molecule has 4 rings (SSSR count). The Balaban J connectivity index is 1.51. The van der Waals surface area contributed by atoms with Gasteiger partial charge in [0.1, 0.15) is 0 Å². The fourth-order valence-electron chi connectivity index (χ4n) is 3.37. The number of anilines is 4. The summed E-state index contributed by atoms with van der Waals surface area (Å²) in [5.74, 6) is 1.28. The van der Waals surface area contributed by atoms with Crippen LogP contribution in [0.25, 0.3) is 0 Å². The van der Waals surface area contributed by atoms with E-state index in [1.165, 1.54) is 6.92 Å². The molecule has 0 aliphatic carbocycles. The van der Waals surface area contributed by atoms with Crippen molar-refractivity contribution < 1.29 is 9.53 Å². The summed E-state index contributed by atoms with van der Waals surface area (Å²) in [6, 6.07) is 17.5. The van der Waals surface area contributed by atoms with Gasteiger partial charge in [-0.2, -0.15) is 20.1 Å². The maximum Gasteiger partial charge on any atom is 0.250 e. The van der Waals surface area contributed by atoms with Crippen molar-refractivity contribution in [1.82, 2.24) is 15.0 Å². The van der Waals surface area contributed by atoms with Gasteiger partial charge in [-0.1, -0.05) is 42.5 Å². The molecule has 1 saturated heterocycles. The molecule has 0 saturated carbocycles. The summed E-state index contributed by atoms with van der Waals surface area (Å²) in [7, 11) is 0. The second kappa shape index (κ2) is 11.2. The van der Waals surface area contributed by atoms with Crippen LogP contribution in [0.15, 0.2) is 59.7 Å². The van der Waals surface area contributed by atoms with Crippen molar-refractivity contribution in [2.75, 3.05) is 47.3 Å². The van der Waals surface area contributed by atoms with Crippen LogP contribution in [-0.4, -0.2) is 52.9 Å². The van der Waals surface area contributed by atoms with E-state index in [1.807, 2.05) is 61.5 Å². The molecule has 3 N–H and O–H groups in total. The van der Waals surface area contributed by atoms with E-state index < -0.39 is 0 Å². The molecule has 2 aromatic carbocycles. The number of hydrogen-bond donors (Lipinski definition) is 3. The van der Waals surface area contributed by atoms with Gasteiger partial charge in [0.2, 0.25) is 23.8 Å². The highest BCUT2D eigenvalue weighted by Crippen LogP contribution is 2.16. The van der Waals surface area contributed by atoms with Crippen LogP contribution in [0.2, 0.25) is 0 Å². The molecule has 10 nitrogen and oxygen atoms in total. The summed E-state index contributed by atoms with van der Waals surface area (Å²) in [5.41, 5.74) is 6.49. The number of rotatable bonds is 8. The zero-order chi connectivity index (χ0) is 23.8. The molecule has 0 unspecified atom stereocenters. The first-order chi connectivity index (χ1) is 16.6. The first-order valence-electron chi connectivity index (χ1n) is 11.1. The number of ether oxygens (including phenoxy) is 1. The molecule has 176 valence electrons. The van der Waals surface area contributed by atoms with E-state index >= 15 is 0 Å². The molecule has 34 heavy (non-hydrogen) atoms. The average Bonchev–Trinajstić information content (AvgIpc) is 2.87. The van der Waals surface area contributed by atoms with Gasteiger partial charge in [0.05, 0.1) is 18.9 Å². The summed E-state index contributed by atoms with van der Waals surface area (Å²) in [4.78, 5) is 26.9. The Kier molecular flexibility index (Phi) is 7.61. The molecule has 0 spiro atoms. The van der Waals surface area contributed by atoms with E-state index in [0.29, 0.717) is 50.7 Å². The molecule has 10 heteroatoms. The van der Waals surface area contributed by atoms with Gasteiger partial charge in [-0.25, -0.2) is 5.43 Å². The first kappa shape index (κ1) is 23.1. The monoisotopic (exact) mass is 460 g/mol. The largest absolute Gasteiger partial charge is 0.378 e. The van der Waals surface area contributed by atoms with Crippen molar-refractivity contribution in [3.05, 3.63) is 65.7 Å². The number of nitrogens with one attached hydrogen (secondary N) is 3. The highest BCUT2D eigenvalue weighted by molar-refractivity contribution is 5.99. The minimum absolute atomic E-state index is 0.109. The van der Waals surface area contributed by atoms with Crippen LogP contribution in [0.3, 0.4) is 0 Å². The third kappa shape index (κ3) is 6.48. The number of benzene rings is 2. The number of amides is 1. The maximum absolute atomic E-state index is 11.2. The topological polar surface area (TPSA) is 117 Å². The molecule has 1 aliphatic heterocycles. The van der Waals surface area contributed by atoms with E-state index in [4.69, 9.17) is 4.74 Å². The van der Waals surface area contributed by atoms with E-state index in [9.17, 15) is 4.79 Å². The van der Waals surface area contributed by atoms with Crippen LogP contribution in [0.5, 0.6) is 0 Å².